The summed E-state index contributed by atoms with van der Waals surface area (Å²) in [6.45, 7) is 3.01. The van der Waals surface area contributed by atoms with Gasteiger partial charge in [-0.1, -0.05) is 12.5 Å². The van der Waals surface area contributed by atoms with Gasteiger partial charge in [-0.05, 0) is 43.7 Å². The number of hydrogen-bond donors (Lipinski definition) is 0. The molecule has 0 unspecified atom stereocenters. The van der Waals surface area contributed by atoms with Crippen LogP contribution in [0.4, 0.5) is 0 Å². The summed E-state index contributed by atoms with van der Waals surface area (Å²) in [5.41, 5.74) is 1.21. The van der Waals surface area contributed by atoms with E-state index in [4.69, 9.17) is 4.74 Å². The Kier molecular flexibility index (Phi) is 6.13. The first-order chi connectivity index (χ1) is 11.4. The maximum Gasteiger partial charge on any atom is 0.169 e. The predicted octanol–water partition coefficient (Wildman–Crippen LogP) is 3.99. The molecule has 23 heavy (non-hydrogen) atoms. The standard InChI is InChI=1S/C18H25N3OS/c1-22-10-4-7-16-6-2-3-9-21(16)14-15-12-19-18(20-13-15)17-8-5-11-23-17/h5,8,11-13,16H,2-4,6-7,9-10,14H2,1H3/t16-/m1/s1. The third kappa shape index (κ3) is 4.59. The summed E-state index contributed by atoms with van der Waals surface area (Å²) in [5, 5.41) is 2.06. The highest BCUT2D eigenvalue weighted by atomic mass is 32.1. The van der Waals surface area contributed by atoms with Crippen LogP contribution in [0.15, 0.2) is 29.9 Å². The topological polar surface area (TPSA) is 38.2 Å². The minimum atomic E-state index is 0.677. The van der Waals surface area contributed by atoms with Gasteiger partial charge in [0.25, 0.3) is 0 Å². The monoisotopic (exact) mass is 331 g/mol. The Labute approximate surface area is 142 Å². The molecular weight excluding hydrogens is 306 g/mol. The molecule has 0 amide bonds. The fourth-order valence-electron chi connectivity index (χ4n) is 3.26. The van der Waals surface area contributed by atoms with Crippen molar-refractivity contribution < 1.29 is 4.74 Å². The van der Waals surface area contributed by atoms with Crippen molar-refractivity contribution in [2.24, 2.45) is 0 Å². The molecule has 1 saturated heterocycles. The van der Waals surface area contributed by atoms with Gasteiger partial charge in [-0.3, -0.25) is 4.90 Å². The van der Waals surface area contributed by atoms with E-state index in [0.717, 1.165) is 30.3 Å². The van der Waals surface area contributed by atoms with Crippen molar-refractivity contribution in [1.29, 1.82) is 0 Å². The van der Waals surface area contributed by atoms with Crippen LogP contribution in [0.2, 0.25) is 0 Å². The van der Waals surface area contributed by atoms with E-state index in [9.17, 15) is 0 Å². The molecule has 2 aromatic rings. The molecule has 3 rings (SSSR count). The zero-order valence-corrected chi connectivity index (χ0v) is 14.6. The maximum absolute atomic E-state index is 5.20. The zero-order valence-electron chi connectivity index (χ0n) is 13.8. The van der Waals surface area contributed by atoms with Crippen molar-refractivity contribution in [2.75, 3.05) is 20.3 Å². The van der Waals surface area contributed by atoms with Crippen LogP contribution in [0.1, 0.15) is 37.7 Å². The molecule has 0 radical (unpaired) electrons. The van der Waals surface area contributed by atoms with Gasteiger partial charge < -0.3 is 4.74 Å². The second-order valence-electron chi connectivity index (χ2n) is 6.15. The summed E-state index contributed by atoms with van der Waals surface area (Å²) in [6.07, 6.45) is 10.3. The average molecular weight is 331 g/mol. The number of methoxy groups -OCH3 is 1. The average Bonchev–Trinajstić information content (AvgIpc) is 3.12. The molecule has 124 valence electrons. The molecule has 4 nitrogen and oxygen atoms in total. The van der Waals surface area contributed by atoms with Gasteiger partial charge in [0.2, 0.25) is 0 Å². The zero-order chi connectivity index (χ0) is 15.9. The number of aromatic nitrogens is 2. The summed E-state index contributed by atoms with van der Waals surface area (Å²) in [4.78, 5) is 12.8. The van der Waals surface area contributed by atoms with Crippen molar-refractivity contribution in [3.63, 3.8) is 0 Å². The van der Waals surface area contributed by atoms with E-state index in [0.29, 0.717) is 6.04 Å². The van der Waals surface area contributed by atoms with Crippen LogP contribution in [-0.4, -0.2) is 41.2 Å². The van der Waals surface area contributed by atoms with E-state index in [1.165, 1.54) is 37.8 Å². The Morgan fingerprint density at radius 1 is 1.30 bits per heavy atom. The van der Waals surface area contributed by atoms with E-state index in [2.05, 4.69) is 26.3 Å². The van der Waals surface area contributed by atoms with Gasteiger partial charge in [-0.25, -0.2) is 9.97 Å². The SMILES string of the molecule is COCCC[C@H]1CCCCN1Cc1cnc(-c2cccs2)nc1. The Balaban J connectivity index is 1.60. The number of ether oxygens (including phenoxy) is 1. The normalized spacial score (nSPS) is 19.1. The molecule has 3 heterocycles. The highest BCUT2D eigenvalue weighted by molar-refractivity contribution is 7.13. The molecule has 1 aliphatic heterocycles. The fraction of sp³-hybridized carbons (Fsp3) is 0.556. The van der Waals surface area contributed by atoms with Gasteiger partial charge in [0.05, 0.1) is 4.88 Å². The van der Waals surface area contributed by atoms with Crippen molar-refractivity contribution in [2.45, 2.75) is 44.7 Å². The van der Waals surface area contributed by atoms with Crippen LogP contribution in [0.3, 0.4) is 0 Å². The van der Waals surface area contributed by atoms with Crippen molar-refractivity contribution in [3.8, 4) is 10.7 Å². The van der Waals surface area contributed by atoms with Crippen LogP contribution in [-0.2, 0) is 11.3 Å². The molecule has 0 aromatic carbocycles. The first kappa shape index (κ1) is 16.6. The van der Waals surface area contributed by atoms with E-state index < -0.39 is 0 Å². The van der Waals surface area contributed by atoms with Crippen LogP contribution in [0.25, 0.3) is 10.7 Å². The number of nitrogens with zero attached hydrogens (tertiary/aromatic N) is 3. The lowest BCUT2D eigenvalue weighted by Gasteiger charge is -2.35. The maximum atomic E-state index is 5.20. The van der Waals surface area contributed by atoms with Crippen molar-refractivity contribution in [1.82, 2.24) is 14.9 Å². The molecule has 0 saturated carbocycles. The van der Waals surface area contributed by atoms with E-state index in [1.807, 2.05) is 18.5 Å². The molecular formula is C18H25N3OS. The molecule has 1 aliphatic rings. The molecule has 0 spiro atoms. The van der Waals surface area contributed by atoms with Crippen LogP contribution in [0, 0.1) is 0 Å². The van der Waals surface area contributed by atoms with Gasteiger partial charge in [-0.15, -0.1) is 11.3 Å². The minimum absolute atomic E-state index is 0.677. The lowest BCUT2D eigenvalue weighted by Crippen LogP contribution is -2.39. The number of rotatable bonds is 7. The van der Waals surface area contributed by atoms with E-state index in [-0.39, 0.29) is 0 Å². The van der Waals surface area contributed by atoms with E-state index in [1.54, 1.807) is 18.4 Å². The fourth-order valence-corrected chi connectivity index (χ4v) is 3.93. The minimum Gasteiger partial charge on any atom is -0.385 e. The van der Waals surface area contributed by atoms with Crippen molar-refractivity contribution in [3.05, 3.63) is 35.5 Å². The third-order valence-electron chi connectivity index (χ3n) is 4.47. The lowest BCUT2D eigenvalue weighted by molar-refractivity contribution is 0.116. The van der Waals surface area contributed by atoms with Crippen LogP contribution in [0.5, 0.6) is 0 Å². The van der Waals surface area contributed by atoms with Gasteiger partial charge in [0.1, 0.15) is 0 Å². The summed E-state index contributed by atoms with van der Waals surface area (Å²) in [6, 6.07) is 4.78. The molecule has 1 atom stereocenters. The molecule has 2 aromatic heterocycles. The lowest BCUT2D eigenvalue weighted by atomic mass is 9.97. The number of likely N-dealkylation sites (tertiary alicyclic amines) is 1. The van der Waals surface area contributed by atoms with Crippen molar-refractivity contribution >= 4 is 11.3 Å². The Morgan fingerprint density at radius 3 is 2.91 bits per heavy atom. The molecule has 5 heteroatoms. The summed E-state index contributed by atoms with van der Waals surface area (Å²) in [5.74, 6) is 0.832. The van der Waals surface area contributed by atoms with Gasteiger partial charge >= 0.3 is 0 Å². The van der Waals surface area contributed by atoms with Gasteiger partial charge in [0.15, 0.2) is 5.82 Å². The quantitative estimate of drug-likeness (QED) is 0.719. The smallest absolute Gasteiger partial charge is 0.169 e. The number of thiophene rings is 1. The Bertz CT molecular complexity index is 570. The van der Waals surface area contributed by atoms with Crippen LogP contribution < -0.4 is 0 Å². The Hall–Kier alpha value is -1.30. The summed E-state index contributed by atoms with van der Waals surface area (Å²) >= 11 is 1.68. The van der Waals surface area contributed by atoms with E-state index >= 15 is 0 Å². The third-order valence-corrected chi connectivity index (χ3v) is 5.33. The summed E-state index contributed by atoms with van der Waals surface area (Å²) < 4.78 is 5.20. The van der Waals surface area contributed by atoms with Gasteiger partial charge in [-0.2, -0.15) is 0 Å². The summed E-state index contributed by atoms with van der Waals surface area (Å²) in [7, 11) is 1.78. The van der Waals surface area contributed by atoms with Crippen LogP contribution >= 0.6 is 11.3 Å². The molecule has 1 fully saturated rings. The first-order valence-corrected chi connectivity index (χ1v) is 9.32. The largest absolute Gasteiger partial charge is 0.385 e. The predicted molar refractivity (Wildman–Crippen MR) is 94.5 cm³/mol. The molecule has 0 bridgehead atoms. The second kappa shape index (κ2) is 8.52. The molecule has 0 N–H and O–H groups in total. The Morgan fingerprint density at radius 2 is 2.17 bits per heavy atom. The van der Waals surface area contributed by atoms with Gasteiger partial charge in [0, 0.05) is 44.3 Å². The highest BCUT2D eigenvalue weighted by Gasteiger charge is 2.22. The number of piperidine rings is 1. The highest BCUT2D eigenvalue weighted by Crippen LogP contribution is 2.24. The number of hydrogen-bond acceptors (Lipinski definition) is 5. The molecule has 0 aliphatic carbocycles. The first-order valence-electron chi connectivity index (χ1n) is 8.44. The second-order valence-corrected chi connectivity index (χ2v) is 7.10.